The topological polar surface area (TPSA) is 0 Å². The van der Waals surface area contributed by atoms with Crippen LogP contribution in [0.4, 0.5) is 0 Å². The zero-order valence-electron chi connectivity index (χ0n) is 6.02. The molecule has 0 radical (unpaired) electrons. The number of allylic oxidation sites excluding steroid dienone is 4. The Labute approximate surface area is 121 Å². The lowest BCUT2D eigenvalue weighted by molar-refractivity contribution is 1.72. The summed E-state index contributed by atoms with van der Waals surface area (Å²) in [4.78, 5) is 0. The van der Waals surface area contributed by atoms with Gasteiger partial charge in [0.1, 0.15) is 8.98 Å². The van der Waals surface area contributed by atoms with Crippen molar-refractivity contribution < 1.29 is 0 Å². The van der Waals surface area contributed by atoms with Gasteiger partial charge < -0.3 is 0 Å². The highest BCUT2D eigenvalue weighted by molar-refractivity contribution is 6.64. The largest absolute Gasteiger partial charge is 0.126 e. The number of halogens is 8. The molecule has 0 aliphatic heterocycles. The summed E-state index contributed by atoms with van der Waals surface area (Å²) in [6, 6.07) is 0. The van der Waals surface area contributed by atoms with Crippen molar-refractivity contribution in [2.45, 2.75) is 0 Å². The minimum atomic E-state index is -0.245. The van der Waals surface area contributed by atoms with Crippen LogP contribution in [-0.4, -0.2) is 0 Å². The number of hydrogen-bond donors (Lipinski definition) is 0. The zero-order chi connectivity index (χ0) is 11.5. The van der Waals surface area contributed by atoms with Crippen LogP contribution in [0.2, 0.25) is 0 Å². The molecule has 8 heteroatoms. The first-order valence-electron chi connectivity index (χ1n) is 2.76. The van der Waals surface area contributed by atoms with E-state index in [9.17, 15) is 0 Å². The van der Waals surface area contributed by atoms with Gasteiger partial charge in [0.15, 0.2) is 0 Å². The van der Waals surface area contributed by atoms with E-state index in [2.05, 4.69) is 0 Å². The molecule has 0 heterocycles. The molecule has 14 heavy (non-hydrogen) atoms. The summed E-state index contributed by atoms with van der Waals surface area (Å²) in [7, 11) is 0. The maximum absolute atomic E-state index is 5.67. The second-order valence-electron chi connectivity index (χ2n) is 1.78. The average Bonchev–Trinajstić information content (AvgIpc) is 2.12. The lowest BCUT2D eigenvalue weighted by Crippen LogP contribution is -1.82. The van der Waals surface area contributed by atoms with Gasteiger partial charge in [-0.2, -0.15) is 0 Å². The summed E-state index contributed by atoms with van der Waals surface area (Å²) >= 11 is 44.0. The summed E-state index contributed by atoms with van der Waals surface area (Å²) in [5.74, 6) is 0. The van der Waals surface area contributed by atoms with Crippen LogP contribution >= 0.6 is 92.8 Å². The van der Waals surface area contributed by atoms with Crippen molar-refractivity contribution >= 4 is 92.8 Å². The first kappa shape index (κ1) is 15.5. The van der Waals surface area contributed by atoms with Crippen molar-refractivity contribution in [1.29, 1.82) is 0 Å². The van der Waals surface area contributed by atoms with E-state index < -0.39 is 0 Å². The normalized spacial score (nSPS) is 12.0. The van der Waals surface area contributed by atoms with Gasteiger partial charge in [-0.05, 0) is 0 Å². The van der Waals surface area contributed by atoms with Gasteiger partial charge >= 0.3 is 0 Å². The van der Waals surface area contributed by atoms with Gasteiger partial charge in [-0.25, -0.2) is 0 Å². The molecule has 0 spiro atoms. The molecule has 0 bridgehead atoms. The van der Waals surface area contributed by atoms with Gasteiger partial charge in [0, 0.05) is 0 Å². The fourth-order valence-corrected chi connectivity index (χ4v) is 1.59. The lowest BCUT2D eigenvalue weighted by Gasteiger charge is -2.02. The number of rotatable bonds is 2. The molecule has 0 aromatic carbocycles. The van der Waals surface area contributed by atoms with E-state index in [0.717, 1.165) is 0 Å². The molecule has 0 aliphatic rings. The van der Waals surface area contributed by atoms with E-state index in [1.54, 1.807) is 0 Å². The SMILES string of the molecule is ClC(Cl)=C(Cl)/C(Cl)=C(/Cl)C(Cl)=C(Cl)Cl. The van der Waals surface area contributed by atoms with E-state index in [-0.39, 0.29) is 29.1 Å². The van der Waals surface area contributed by atoms with Gasteiger partial charge in [0.05, 0.1) is 20.1 Å². The molecular weight excluding hydrogens is 356 g/mol. The first-order chi connectivity index (χ1) is 6.29. The van der Waals surface area contributed by atoms with Crippen molar-refractivity contribution in [2.75, 3.05) is 0 Å². The van der Waals surface area contributed by atoms with Crippen LogP contribution in [0.1, 0.15) is 0 Å². The summed E-state index contributed by atoms with van der Waals surface area (Å²) < 4.78 is -0.491. The Kier molecular flexibility index (Phi) is 7.75. The molecule has 0 aliphatic carbocycles. The molecule has 0 saturated heterocycles. The molecule has 0 saturated carbocycles. The highest BCUT2D eigenvalue weighted by Crippen LogP contribution is 2.37. The van der Waals surface area contributed by atoms with Crippen molar-refractivity contribution in [3.05, 3.63) is 29.1 Å². The van der Waals surface area contributed by atoms with Crippen molar-refractivity contribution in [3.63, 3.8) is 0 Å². The smallest absolute Gasteiger partial charge is 0.0809 e. The summed E-state index contributed by atoms with van der Waals surface area (Å²) in [5, 5.41) is -0.574. The Morgan fingerprint density at radius 3 is 0.714 bits per heavy atom. The molecule has 0 aromatic rings. The third kappa shape index (κ3) is 4.59. The fourth-order valence-electron chi connectivity index (χ4n) is 0.359. The van der Waals surface area contributed by atoms with E-state index in [0.29, 0.717) is 0 Å². The third-order valence-corrected chi connectivity index (χ3v) is 3.85. The summed E-state index contributed by atoms with van der Waals surface area (Å²) in [6.07, 6.45) is 0. The van der Waals surface area contributed by atoms with Crippen LogP contribution in [0.25, 0.3) is 0 Å². The Bertz CT molecular complexity index is 283. The Balaban J connectivity index is 5.37. The molecule has 0 nitrogen and oxygen atoms in total. The predicted octanol–water partition coefficient (Wildman–Crippen LogP) is 6.45. The predicted molar refractivity (Wildman–Crippen MR) is 67.9 cm³/mol. The van der Waals surface area contributed by atoms with Gasteiger partial charge in [-0.15, -0.1) is 0 Å². The fraction of sp³-hybridized carbons (Fsp3) is 0. The molecule has 0 unspecified atom stereocenters. The van der Waals surface area contributed by atoms with E-state index in [1.165, 1.54) is 0 Å². The number of hydrogen-bond acceptors (Lipinski definition) is 0. The standard InChI is InChI=1S/C6Cl8/c7-1(3(9)5(11)12)2(8)4(10)6(13)14/b2-1-. The van der Waals surface area contributed by atoms with Crippen molar-refractivity contribution in [2.24, 2.45) is 0 Å². The van der Waals surface area contributed by atoms with E-state index in [1.807, 2.05) is 0 Å². The van der Waals surface area contributed by atoms with Crippen molar-refractivity contribution in [1.82, 2.24) is 0 Å². The van der Waals surface area contributed by atoms with Crippen LogP contribution in [0.5, 0.6) is 0 Å². The van der Waals surface area contributed by atoms with Crippen LogP contribution in [0.15, 0.2) is 29.1 Å². The maximum Gasteiger partial charge on any atom is 0.126 e. The quantitative estimate of drug-likeness (QED) is 0.499. The highest BCUT2D eigenvalue weighted by atomic mass is 35.5. The minimum absolute atomic E-state index is 0.142. The third-order valence-electron chi connectivity index (χ3n) is 0.910. The molecule has 0 aromatic heterocycles. The Morgan fingerprint density at radius 1 is 0.357 bits per heavy atom. The van der Waals surface area contributed by atoms with Gasteiger partial charge in [0.25, 0.3) is 0 Å². The van der Waals surface area contributed by atoms with Gasteiger partial charge in [-0.3, -0.25) is 0 Å². The van der Waals surface area contributed by atoms with E-state index in [4.69, 9.17) is 92.8 Å². The average molecular weight is 356 g/mol. The molecule has 0 amide bonds. The Hall–Kier alpha value is 1.54. The van der Waals surface area contributed by atoms with Crippen LogP contribution < -0.4 is 0 Å². The molecule has 0 atom stereocenters. The van der Waals surface area contributed by atoms with Gasteiger partial charge in [0.2, 0.25) is 0 Å². The highest BCUT2D eigenvalue weighted by Gasteiger charge is 2.14. The first-order valence-corrected chi connectivity index (χ1v) is 5.79. The molecule has 80 valence electrons. The molecule has 0 fully saturated rings. The summed E-state index contributed by atoms with van der Waals surface area (Å²) in [6.45, 7) is 0. The maximum atomic E-state index is 5.67. The zero-order valence-corrected chi connectivity index (χ0v) is 12.1. The molecule has 0 rings (SSSR count). The molecule has 0 N–H and O–H groups in total. The van der Waals surface area contributed by atoms with Gasteiger partial charge in [-0.1, -0.05) is 92.8 Å². The summed E-state index contributed by atoms with van der Waals surface area (Å²) in [5.41, 5.74) is 0. The van der Waals surface area contributed by atoms with Crippen LogP contribution in [-0.2, 0) is 0 Å². The van der Waals surface area contributed by atoms with E-state index >= 15 is 0 Å². The van der Waals surface area contributed by atoms with Crippen LogP contribution in [0.3, 0.4) is 0 Å². The lowest BCUT2D eigenvalue weighted by atomic mass is 10.4. The molecular formula is C6Cl8. The second kappa shape index (κ2) is 6.98. The second-order valence-corrected chi connectivity index (χ2v) is 5.19. The van der Waals surface area contributed by atoms with Crippen LogP contribution in [0, 0.1) is 0 Å². The van der Waals surface area contributed by atoms with Crippen molar-refractivity contribution in [3.8, 4) is 0 Å². The monoisotopic (exact) mass is 352 g/mol. The minimum Gasteiger partial charge on any atom is -0.0809 e. The Morgan fingerprint density at radius 2 is 0.571 bits per heavy atom.